The van der Waals surface area contributed by atoms with Gasteiger partial charge in [-0.25, -0.2) is 0 Å². The Morgan fingerprint density at radius 2 is 1.56 bits per heavy atom. The second-order valence-corrected chi connectivity index (χ2v) is 6.03. The smallest absolute Gasteiger partial charge is 0.221 e. The molecule has 1 aliphatic rings. The van der Waals surface area contributed by atoms with Gasteiger partial charge in [0.2, 0.25) is 5.78 Å². The van der Waals surface area contributed by atoms with Crippen molar-refractivity contribution >= 4 is 59.4 Å². The topological polar surface area (TPSA) is 43.4 Å². The first-order chi connectivity index (χ1) is 8.47. The van der Waals surface area contributed by atoms with Gasteiger partial charge < -0.3 is 4.74 Å². The molecule has 3 nitrogen and oxygen atoms in total. The Bertz CT molecular complexity index is 580. The van der Waals surface area contributed by atoms with E-state index >= 15 is 0 Å². The number of ketones is 2. The lowest BCUT2D eigenvalue weighted by Gasteiger charge is -2.12. The van der Waals surface area contributed by atoms with Crippen molar-refractivity contribution in [2.75, 3.05) is 0 Å². The molecule has 0 saturated carbocycles. The van der Waals surface area contributed by atoms with E-state index in [0.29, 0.717) is 14.7 Å². The van der Waals surface area contributed by atoms with Crippen LogP contribution in [0.1, 0.15) is 0 Å². The zero-order chi connectivity index (χ0) is 13.3. The summed E-state index contributed by atoms with van der Waals surface area (Å²) in [6.45, 7) is 0. The number of rotatable bonds is 2. The molecule has 0 amide bonds. The molecule has 0 aliphatic heterocycles. The highest BCUT2D eigenvalue weighted by Gasteiger charge is 2.18. The van der Waals surface area contributed by atoms with Gasteiger partial charge in [0.05, 0.1) is 8.95 Å². The Labute approximate surface area is 128 Å². The molecule has 0 fully saturated rings. The zero-order valence-corrected chi connectivity index (χ0v) is 13.5. The van der Waals surface area contributed by atoms with Gasteiger partial charge in [-0.05, 0) is 56.1 Å². The van der Waals surface area contributed by atoms with Crippen LogP contribution in [-0.2, 0) is 9.59 Å². The normalized spacial score (nSPS) is 14.7. The molecule has 0 spiro atoms. The van der Waals surface area contributed by atoms with Gasteiger partial charge in [-0.2, -0.15) is 0 Å². The van der Waals surface area contributed by atoms with Crippen LogP contribution in [0.2, 0.25) is 0 Å². The van der Waals surface area contributed by atoms with Crippen molar-refractivity contribution in [2.45, 2.75) is 0 Å². The number of halogens is 3. The van der Waals surface area contributed by atoms with Gasteiger partial charge in [0.25, 0.3) is 0 Å². The second kappa shape index (κ2) is 5.50. The standard InChI is InChI=1S/C12H5Br3O3/c13-6-3-8(14)12(9(15)4-6)18-11-5-7(16)1-2-10(11)17/h1-5H. The third-order valence-electron chi connectivity index (χ3n) is 2.09. The molecule has 0 unspecified atom stereocenters. The summed E-state index contributed by atoms with van der Waals surface area (Å²) in [5, 5.41) is 0. The highest BCUT2D eigenvalue weighted by Crippen LogP contribution is 2.37. The predicted molar refractivity (Wildman–Crippen MR) is 77.4 cm³/mol. The fraction of sp³-hybridized carbons (Fsp3) is 0. The van der Waals surface area contributed by atoms with Crippen LogP contribution >= 0.6 is 47.8 Å². The summed E-state index contributed by atoms with van der Waals surface area (Å²) in [5.74, 6) is -0.155. The molecule has 1 aliphatic carbocycles. The molecule has 0 atom stereocenters. The van der Waals surface area contributed by atoms with Crippen LogP contribution < -0.4 is 4.74 Å². The average Bonchev–Trinajstić information content (AvgIpc) is 2.28. The van der Waals surface area contributed by atoms with Crippen molar-refractivity contribution in [3.8, 4) is 5.75 Å². The first-order valence-electron chi connectivity index (χ1n) is 4.78. The fourth-order valence-electron chi connectivity index (χ4n) is 1.30. The van der Waals surface area contributed by atoms with Crippen molar-refractivity contribution in [3.63, 3.8) is 0 Å². The Morgan fingerprint density at radius 1 is 0.944 bits per heavy atom. The minimum absolute atomic E-state index is 0.00576. The fourth-order valence-corrected chi connectivity index (χ4v) is 3.73. The summed E-state index contributed by atoms with van der Waals surface area (Å²) >= 11 is 10.00. The molecule has 2 rings (SSSR count). The Balaban J connectivity index is 2.36. The largest absolute Gasteiger partial charge is 0.451 e. The third kappa shape index (κ3) is 2.99. The van der Waals surface area contributed by atoms with E-state index < -0.39 is 0 Å². The van der Waals surface area contributed by atoms with E-state index in [4.69, 9.17) is 4.74 Å². The second-order valence-electron chi connectivity index (χ2n) is 3.41. The van der Waals surface area contributed by atoms with Crippen LogP contribution in [0.4, 0.5) is 0 Å². The molecule has 18 heavy (non-hydrogen) atoms. The summed E-state index contributed by atoms with van der Waals surface area (Å²) < 4.78 is 7.67. The van der Waals surface area contributed by atoms with Crippen molar-refractivity contribution < 1.29 is 14.3 Å². The quantitative estimate of drug-likeness (QED) is 0.659. The SMILES string of the molecule is O=C1C=CC(=O)C(Oc2c(Br)cc(Br)cc2Br)=C1. The van der Waals surface area contributed by atoms with Gasteiger partial charge in [-0.1, -0.05) is 15.9 Å². The highest BCUT2D eigenvalue weighted by molar-refractivity contribution is 9.11. The monoisotopic (exact) mass is 434 g/mol. The van der Waals surface area contributed by atoms with Crippen LogP contribution in [0.15, 0.2) is 49.5 Å². The summed E-state index contributed by atoms with van der Waals surface area (Å²) in [4.78, 5) is 22.8. The van der Waals surface area contributed by atoms with Crippen molar-refractivity contribution in [1.82, 2.24) is 0 Å². The minimum Gasteiger partial charge on any atom is -0.451 e. The summed E-state index contributed by atoms with van der Waals surface area (Å²) in [6, 6.07) is 3.57. The summed E-state index contributed by atoms with van der Waals surface area (Å²) in [6.07, 6.45) is 3.57. The molecule has 1 aromatic carbocycles. The van der Waals surface area contributed by atoms with E-state index in [0.717, 1.165) is 4.47 Å². The van der Waals surface area contributed by atoms with Crippen molar-refractivity contribution in [3.05, 3.63) is 49.5 Å². The lowest BCUT2D eigenvalue weighted by atomic mass is 10.1. The lowest BCUT2D eigenvalue weighted by molar-refractivity contribution is -0.116. The van der Waals surface area contributed by atoms with Crippen molar-refractivity contribution in [1.29, 1.82) is 0 Å². The maximum atomic E-state index is 11.6. The zero-order valence-electron chi connectivity index (χ0n) is 8.75. The summed E-state index contributed by atoms with van der Waals surface area (Å²) in [7, 11) is 0. The third-order valence-corrected chi connectivity index (χ3v) is 3.73. The van der Waals surface area contributed by atoms with E-state index in [1.165, 1.54) is 18.2 Å². The molecule has 0 heterocycles. The van der Waals surface area contributed by atoms with Crippen LogP contribution in [0, 0.1) is 0 Å². The van der Waals surface area contributed by atoms with Crippen LogP contribution in [0.5, 0.6) is 5.75 Å². The molecule has 1 aromatic rings. The van der Waals surface area contributed by atoms with Gasteiger partial charge in [-0.3, -0.25) is 9.59 Å². The number of benzene rings is 1. The number of allylic oxidation sites excluding steroid dienone is 3. The molecule has 6 heteroatoms. The Hall–Kier alpha value is -0.720. The predicted octanol–water partition coefficient (Wildman–Crippen LogP) is 3.94. The molecular weight excluding hydrogens is 432 g/mol. The minimum atomic E-state index is -0.337. The molecule has 0 aromatic heterocycles. The molecule has 0 radical (unpaired) electrons. The van der Waals surface area contributed by atoms with Gasteiger partial charge >= 0.3 is 0 Å². The molecular formula is C12H5Br3O3. The number of hydrogen-bond acceptors (Lipinski definition) is 3. The van der Waals surface area contributed by atoms with Gasteiger partial charge in [-0.15, -0.1) is 0 Å². The molecule has 0 bridgehead atoms. The number of carbonyl (C=O) groups excluding carboxylic acids is 2. The molecule has 0 N–H and O–H groups in total. The number of ether oxygens (including phenoxy) is 1. The lowest BCUT2D eigenvalue weighted by Crippen LogP contribution is -2.13. The molecule has 0 saturated heterocycles. The maximum Gasteiger partial charge on any atom is 0.221 e. The van der Waals surface area contributed by atoms with Crippen LogP contribution in [0.25, 0.3) is 0 Å². The van der Waals surface area contributed by atoms with Crippen molar-refractivity contribution in [2.24, 2.45) is 0 Å². The van der Waals surface area contributed by atoms with Crippen LogP contribution in [-0.4, -0.2) is 11.6 Å². The molecule has 92 valence electrons. The van der Waals surface area contributed by atoms with E-state index in [-0.39, 0.29) is 17.3 Å². The highest BCUT2D eigenvalue weighted by atomic mass is 79.9. The maximum absolute atomic E-state index is 11.6. The van der Waals surface area contributed by atoms with Gasteiger partial charge in [0.15, 0.2) is 17.3 Å². The number of carbonyl (C=O) groups is 2. The number of hydrogen-bond donors (Lipinski definition) is 0. The van der Waals surface area contributed by atoms with Gasteiger partial charge in [0.1, 0.15) is 0 Å². The van der Waals surface area contributed by atoms with Crippen LogP contribution in [0.3, 0.4) is 0 Å². The van der Waals surface area contributed by atoms with E-state index in [9.17, 15) is 9.59 Å². The van der Waals surface area contributed by atoms with E-state index in [2.05, 4.69) is 47.8 Å². The first kappa shape index (κ1) is 13.7. The average molecular weight is 437 g/mol. The van der Waals surface area contributed by atoms with E-state index in [1.807, 2.05) is 0 Å². The van der Waals surface area contributed by atoms with E-state index in [1.54, 1.807) is 12.1 Å². The summed E-state index contributed by atoms with van der Waals surface area (Å²) in [5.41, 5.74) is 0. The van der Waals surface area contributed by atoms with Gasteiger partial charge in [0, 0.05) is 10.5 Å². The Kier molecular flexibility index (Phi) is 4.19. The Morgan fingerprint density at radius 3 is 2.17 bits per heavy atom. The first-order valence-corrected chi connectivity index (χ1v) is 7.16.